The average Bonchev–Trinajstić information content (AvgIpc) is 2.58. The first-order valence-electron chi connectivity index (χ1n) is 5.96. The highest BCUT2D eigenvalue weighted by Crippen LogP contribution is 2.26. The number of hydrogen-bond acceptors (Lipinski definition) is 3. The summed E-state index contributed by atoms with van der Waals surface area (Å²) in [5.41, 5.74) is 0. The molecule has 0 unspecified atom stereocenters. The molecule has 0 radical (unpaired) electrons. The quantitative estimate of drug-likeness (QED) is 0.842. The van der Waals surface area contributed by atoms with Crippen molar-refractivity contribution in [3.05, 3.63) is 23.7 Å². The minimum absolute atomic E-state index is 0.0104. The summed E-state index contributed by atoms with van der Waals surface area (Å²) in [5, 5.41) is 0. The van der Waals surface area contributed by atoms with E-state index in [0.717, 1.165) is 11.5 Å². The summed E-state index contributed by atoms with van der Waals surface area (Å²) in [6.07, 6.45) is 0. The van der Waals surface area contributed by atoms with Gasteiger partial charge in [0.1, 0.15) is 22.3 Å². The van der Waals surface area contributed by atoms with Crippen molar-refractivity contribution in [3.8, 4) is 0 Å². The van der Waals surface area contributed by atoms with Crippen LogP contribution in [-0.4, -0.2) is 9.30 Å². The smallest absolute Gasteiger partial charge is 0.136 e. The normalized spacial score (nSPS) is 16.2. The molecule has 0 aliphatic heterocycles. The predicted molar refractivity (Wildman–Crippen MR) is 72.1 cm³/mol. The second kappa shape index (κ2) is 5.46. The van der Waals surface area contributed by atoms with Gasteiger partial charge in [0.2, 0.25) is 0 Å². The molecule has 3 nitrogen and oxygen atoms in total. The first-order chi connectivity index (χ1) is 7.71. The number of furan rings is 1. The molecular formula is C13H23NO2S. The van der Waals surface area contributed by atoms with Crippen molar-refractivity contribution in [1.29, 1.82) is 0 Å². The zero-order valence-electron chi connectivity index (χ0n) is 11.5. The van der Waals surface area contributed by atoms with Crippen molar-refractivity contribution >= 4 is 11.4 Å². The van der Waals surface area contributed by atoms with Gasteiger partial charge in [0, 0.05) is 11.4 Å². The van der Waals surface area contributed by atoms with E-state index in [-0.39, 0.29) is 10.8 Å². The zero-order chi connectivity index (χ0) is 13.2. The molecule has 0 amide bonds. The topological polar surface area (TPSA) is 48.2 Å². The van der Waals surface area contributed by atoms with E-state index in [2.05, 4.69) is 18.6 Å². The lowest BCUT2D eigenvalue weighted by atomic mass is 10.0. The Kier molecular flexibility index (Phi) is 4.69. The van der Waals surface area contributed by atoms with Crippen molar-refractivity contribution in [3.63, 3.8) is 0 Å². The molecule has 2 atom stereocenters. The lowest BCUT2D eigenvalue weighted by molar-refractivity contribution is 0.365. The van der Waals surface area contributed by atoms with Gasteiger partial charge in [-0.1, -0.05) is 13.8 Å². The Morgan fingerprint density at radius 2 is 1.88 bits per heavy atom. The minimum atomic E-state index is -1.09. The Labute approximate surface area is 107 Å². The second-order valence-corrected chi connectivity index (χ2v) is 7.67. The lowest BCUT2D eigenvalue weighted by Gasteiger charge is -2.28. The first-order valence-corrected chi connectivity index (χ1v) is 7.11. The molecule has 98 valence electrons. The molecule has 1 N–H and O–H groups in total. The van der Waals surface area contributed by atoms with Gasteiger partial charge in [0.25, 0.3) is 0 Å². The van der Waals surface area contributed by atoms with Crippen LogP contribution in [0.4, 0.5) is 0 Å². The van der Waals surface area contributed by atoms with E-state index < -0.39 is 11.4 Å². The van der Waals surface area contributed by atoms with Crippen molar-refractivity contribution in [2.45, 2.75) is 52.3 Å². The number of aryl methyl sites for hydroxylation is 1. The van der Waals surface area contributed by atoms with E-state index in [1.807, 2.05) is 39.8 Å². The van der Waals surface area contributed by atoms with Crippen LogP contribution in [0.25, 0.3) is 0 Å². The van der Waals surface area contributed by atoms with Crippen LogP contribution in [0.1, 0.15) is 52.2 Å². The molecule has 0 saturated heterocycles. The Hall–Kier alpha value is -0.450. The van der Waals surface area contributed by atoms with Crippen LogP contribution in [0.15, 0.2) is 16.5 Å². The Bertz CT molecular complexity index is 355. The van der Waals surface area contributed by atoms with Crippen LogP contribution in [0.5, 0.6) is 0 Å². The van der Waals surface area contributed by atoms with Crippen LogP contribution in [0.2, 0.25) is 0 Å². The minimum Gasteiger partial charge on any atom is -0.598 e. The molecule has 1 heterocycles. The maximum atomic E-state index is 12.1. The van der Waals surface area contributed by atoms with E-state index in [9.17, 15) is 4.55 Å². The lowest BCUT2D eigenvalue weighted by Crippen LogP contribution is -2.42. The molecular weight excluding hydrogens is 234 g/mol. The van der Waals surface area contributed by atoms with Gasteiger partial charge in [-0.3, -0.25) is 0 Å². The third-order valence-electron chi connectivity index (χ3n) is 2.52. The average molecular weight is 257 g/mol. The van der Waals surface area contributed by atoms with Crippen molar-refractivity contribution < 1.29 is 8.97 Å². The number of nitrogens with one attached hydrogen (secondary N) is 1. The second-order valence-electron chi connectivity index (χ2n) is 5.67. The van der Waals surface area contributed by atoms with Gasteiger partial charge in [0.15, 0.2) is 0 Å². The van der Waals surface area contributed by atoms with Crippen LogP contribution in [0.3, 0.4) is 0 Å². The standard InChI is InChI=1S/C13H23NO2S/c1-9(2)12(11-8-7-10(3)16-11)14-17(15)13(4,5)6/h7-9,12,14H,1-6H3/t12-,17+/m1/s1. The van der Waals surface area contributed by atoms with Gasteiger partial charge in [0.05, 0.1) is 0 Å². The van der Waals surface area contributed by atoms with E-state index in [4.69, 9.17) is 4.42 Å². The predicted octanol–water partition coefficient (Wildman–Crippen LogP) is 3.34. The molecule has 0 aliphatic rings. The maximum absolute atomic E-state index is 12.1. The molecule has 1 aromatic rings. The third kappa shape index (κ3) is 4.05. The van der Waals surface area contributed by atoms with Gasteiger partial charge in [-0.15, -0.1) is 4.72 Å². The largest absolute Gasteiger partial charge is 0.598 e. The van der Waals surface area contributed by atoms with Gasteiger partial charge in [-0.2, -0.15) is 0 Å². The van der Waals surface area contributed by atoms with Crippen LogP contribution in [0, 0.1) is 12.8 Å². The SMILES string of the molecule is Cc1ccc([C@H](N[S@@+]([O-])C(C)(C)C)C(C)C)o1. The Morgan fingerprint density at radius 3 is 2.24 bits per heavy atom. The van der Waals surface area contributed by atoms with Gasteiger partial charge < -0.3 is 8.97 Å². The monoisotopic (exact) mass is 257 g/mol. The first kappa shape index (κ1) is 14.6. The molecule has 0 aromatic carbocycles. The summed E-state index contributed by atoms with van der Waals surface area (Å²) >= 11 is -1.09. The Morgan fingerprint density at radius 1 is 1.29 bits per heavy atom. The van der Waals surface area contributed by atoms with Gasteiger partial charge in [-0.25, -0.2) is 0 Å². The fourth-order valence-corrected chi connectivity index (χ4v) is 2.41. The summed E-state index contributed by atoms with van der Waals surface area (Å²) < 4.78 is 20.6. The van der Waals surface area contributed by atoms with Crippen molar-refractivity contribution in [1.82, 2.24) is 4.72 Å². The van der Waals surface area contributed by atoms with Crippen molar-refractivity contribution in [2.75, 3.05) is 0 Å². The summed E-state index contributed by atoms with van der Waals surface area (Å²) in [6.45, 7) is 12.0. The maximum Gasteiger partial charge on any atom is 0.136 e. The fourth-order valence-electron chi connectivity index (χ4n) is 1.44. The van der Waals surface area contributed by atoms with Gasteiger partial charge in [-0.05, 0) is 45.7 Å². The molecule has 0 aliphatic carbocycles. The third-order valence-corrected chi connectivity index (χ3v) is 4.10. The highest BCUT2D eigenvalue weighted by molar-refractivity contribution is 7.90. The highest BCUT2D eigenvalue weighted by atomic mass is 32.2. The van der Waals surface area contributed by atoms with Crippen LogP contribution in [-0.2, 0) is 11.4 Å². The summed E-state index contributed by atoms with van der Waals surface area (Å²) in [4.78, 5) is 0. The highest BCUT2D eigenvalue weighted by Gasteiger charge is 2.32. The summed E-state index contributed by atoms with van der Waals surface area (Å²) in [5.74, 6) is 2.07. The molecule has 1 rings (SSSR count). The Balaban J connectivity index is 2.81. The van der Waals surface area contributed by atoms with E-state index >= 15 is 0 Å². The molecule has 0 bridgehead atoms. The number of hydrogen-bond donors (Lipinski definition) is 1. The molecule has 0 fully saturated rings. The van der Waals surface area contributed by atoms with Crippen LogP contribution < -0.4 is 4.72 Å². The van der Waals surface area contributed by atoms with E-state index in [0.29, 0.717) is 5.92 Å². The molecule has 0 spiro atoms. The number of rotatable bonds is 4. The molecule has 0 saturated carbocycles. The zero-order valence-corrected chi connectivity index (χ0v) is 12.4. The van der Waals surface area contributed by atoms with Crippen molar-refractivity contribution in [2.24, 2.45) is 5.92 Å². The fraction of sp³-hybridized carbons (Fsp3) is 0.692. The summed E-state index contributed by atoms with van der Waals surface area (Å²) in [6, 6.07) is 3.88. The van der Waals surface area contributed by atoms with E-state index in [1.165, 1.54) is 0 Å². The molecule has 4 heteroatoms. The molecule has 1 aromatic heterocycles. The van der Waals surface area contributed by atoms with Gasteiger partial charge >= 0.3 is 0 Å². The summed E-state index contributed by atoms with van der Waals surface area (Å²) in [7, 11) is 0. The van der Waals surface area contributed by atoms with E-state index in [1.54, 1.807) is 0 Å². The van der Waals surface area contributed by atoms with Crippen LogP contribution >= 0.6 is 0 Å². The molecule has 17 heavy (non-hydrogen) atoms.